The molecule has 0 amide bonds. The van der Waals surface area contributed by atoms with Gasteiger partial charge in [0.05, 0.1) is 0 Å². The topological polar surface area (TPSA) is 59.1 Å². The van der Waals surface area contributed by atoms with E-state index in [1.54, 1.807) is 18.0 Å². The highest BCUT2D eigenvalue weighted by atomic mass is 32.2. The molecule has 0 aliphatic rings. The molecule has 0 bridgehead atoms. The highest BCUT2D eigenvalue weighted by Crippen LogP contribution is 2.15. The number of anilines is 1. The van der Waals surface area contributed by atoms with Crippen LogP contribution in [-0.4, -0.2) is 22.5 Å². The number of hydrogen-bond donors (Lipinski definition) is 2. The van der Waals surface area contributed by atoms with Crippen molar-refractivity contribution in [3.05, 3.63) is 23.9 Å². The van der Waals surface area contributed by atoms with Crippen molar-refractivity contribution in [2.75, 3.05) is 18.1 Å². The third kappa shape index (κ3) is 3.98. The van der Waals surface area contributed by atoms with Crippen LogP contribution in [0, 0.1) is 5.92 Å². The molecule has 0 spiro atoms. The highest BCUT2D eigenvalue weighted by molar-refractivity contribution is 7.98. The molecule has 4 heteroatoms. The predicted octanol–water partition coefficient (Wildman–Crippen LogP) is 1.53. The average molecular weight is 212 g/mol. The lowest BCUT2D eigenvalue weighted by atomic mass is 10.2. The van der Waals surface area contributed by atoms with Crippen molar-refractivity contribution in [2.45, 2.75) is 12.7 Å². The monoisotopic (exact) mass is 212 g/mol. The molecule has 1 rings (SSSR count). The largest absolute Gasteiger partial charge is 0.396 e. The molecule has 0 saturated heterocycles. The van der Waals surface area contributed by atoms with Gasteiger partial charge in [-0.1, -0.05) is 13.0 Å². The SMILES string of the molecule is CC(CO)CSCc1ccc(N)nc1. The van der Waals surface area contributed by atoms with Crippen LogP contribution in [-0.2, 0) is 5.75 Å². The summed E-state index contributed by atoms with van der Waals surface area (Å²) in [6, 6.07) is 3.80. The zero-order valence-corrected chi connectivity index (χ0v) is 9.13. The lowest BCUT2D eigenvalue weighted by molar-refractivity contribution is 0.250. The van der Waals surface area contributed by atoms with Crippen LogP contribution in [0.15, 0.2) is 18.3 Å². The molecule has 1 heterocycles. The summed E-state index contributed by atoms with van der Waals surface area (Å²) in [7, 11) is 0. The van der Waals surface area contributed by atoms with Crippen molar-refractivity contribution in [3.63, 3.8) is 0 Å². The average Bonchev–Trinajstić information content (AvgIpc) is 2.21. The molecule has 3 nitrogen and oxygen atoms in total. The summed E-state index contributed by atoms with van der Waals surface area (Å²) >= 11 is 1.80. The Labute approximate surface area is 88.7 Å². The Balaban J connectivity index is 2.28. The van der Waals surface area contributed by atoms with Crippen molar-refractivity contribution in [2.24, 2.45) is 5.92 Å². The molecule has 14 heavy (non-hydrogen) atoms. The lowest BCUT2D eigenvalue weighted by Crippen LogP contribution is -2.03. The Morgan fingerprint density at radius 2 is 2.36 bits per heavy atom. The fourth-order valence-electron chi connectivity index (χ4n) is 0.952. The summed E-state index contributed by atoms with van der Waals surface area (Å²) < 4.78 is 0. The molecule has 78 valence electrons. The fraction of sp³-hybridized carbons (Fsp3) is 0.500. The van der Waals surface area contributed by atoms with Gasteiger partial charge >= 0.3 is 0 Å². The lowest BCUT2D eigenvalue weighted by Gasteiger charge is -2.06. The number of pyridine rings is 1. The van der Waals surface area contributed by atoms with E-state index in [1.807, 2.05) is 19.1 Å². The van der Waals surface area contributed by atoms with E-state index in [-0.39, 0.29) is 6.61 Å². The summed E-state index contributed by atoms with van der Waals surface area (Å²) in [4.78, 5) is 4.01. The van der Waals surface area contributed by atoms with Gasteiger partial charge in [-0.05, 0) is 23.3 Å². The molecule has 1 aromatic rings. The normalized spacial score (nSPS) is 12.7. The van der Waals surface area contributed by atoms with Crippen LogP contribution in [0.3, 0.4) is 0 Å². The van der Waals surface area contributed by atoms with E-state index >= 15 is 0 Å². The molecule has 1 aromatic heterocycles. The molecule has 0 fully saturated rings. The minimum Gasteiger partial charge on any atom is -0.396 e. The Morgan fingerprint density at radius 1 is 1.57 bits per heavy atom. The number of nitrogens with two attached hydrogens (primary N) is 1. The molecule has 1 unspecified atom stereocenters. The Bertz CT molecular complexity index is 263. The number of aromatic nitrogens is 1. The van der Waals surface area contributed by atoms with Gasteiger partial charge in [0.1, 0.15) is 5.82 Å². The molecule has 0 radical (unpaired) electrons. The van der Waals surface area contributed by atoms with Crippen LogP contribution < -0.4 is 5.73 Å². The first-order valence-corrected chi connectivity index (χ1v) is 5.77. The summed E-state index contributed by atoms with van der Waals surface area (Å²) in [6.45, 7) is 2.29. The fourth-order valence-corrected chi connectivity index (χ4v) is 1.98. The van der Waals surface area contributed by atoms with Crippen molar-refractivity contribution < 1.29 is 5.11 Å². The van der Waals surface area contributed by atoms with Gasteiger partial charge in [0.2, 0.25) is 0 Å². The van der Waals surface area contributed by atoms with E-state index in [2.05, 4.69) is 4.98 Å². The first-order valence-electron chi connectivity index (χ1n) is 4.61. The van der Waals surface area contributed by atoms with Gasteiger partial charge < -0.3 is 10.8 Å². The molecular weight excluding hydrogens is 196 g/mol. The Morgan fingerprint density at radius 3 is 2.93 bits per heavy atom. The number of hydrogen-bond acceptors (Lipinski definition) is 4. The maximum absolute atomic E-state index is 8.83. The standard InChI is InChI=1S/C10H16N2OS/c1-8(5-13)6-14-7-9-2-3-10(11)12-4-9/h2-4,8,13H,5-7H2,1H3,(H2,11,12). The van der Waals surface area contributed by atoms with Crippen molar-refractivity contribution in [1.82, 2.24) is 4.98 Å². The molecule has 0 aliphatic carbocycles. The van der Waals surface area contributed by atoms with Gasteiger partial charge in [-0.15, -0.1) is 0 Å². The second-order valence-corrected chi connectivity index (χ2v) is 4.42. The van der Waals surface area contributed by atoms with Gasteiger partial charge in [0.15, 0.2) is 0 Å². The van der Waals surface area contributed by atoms with Gasteiger partial charge in [-0.3, -0.25) is 0 Å². The number of aliphatic hydroxyl groups excluding tert-OH is 1. The van der Waals surface area contributed by atoms with Gasteiger partial charge in [-0.2, -0.15) is 11.8 Å². The third-order valence-corrected chi connectivity index (χ3v) is 3.17. The van der Waals surface area contributed by atoms with E-state index in [1.165, 1.54) is 5.56 Å². The molecule has 1 atom stereocenters. The zero-order valence-electron chi connectivity index (χ0n) is 8.31. The number of nitrogens with zero attached hydrogens (tertiary/aromatic N) is 1. The first-order chi connectivity index (χ1) is 6.72. The van der Waals surface area contributed by atoms with E-state index in [9.17, 15) is 0 Å². The second-order valence-electron chi connectivity index (χ2n) is 3.39. The third-order valence-electron chi connectivity index (χ3n) is 1.83. The van der Waals surface area contributed by atoms with Crippen molar-refractivity contribution >= 4 is 17.6 Å². The number of aliphatic hydroxyl groups is 1. The molecule has 0 aromatic carbocycles. The summed E-state index contributed by atoms with van der Waals surface area (Å²) in [5.41, 5.74) is 6.65. The second kappa shape index (κ2) is 5.88. The summed E-state index contributed by atoms with van der Waals surface area (Å²) in [5.74, 6) is 2.82. The quantitative estimate of drug-likeness (QED) is 0.777. The number of thioether (sulfide) groups is 1. The van der Waals surface area contributed by atoms with Crippen LogP contribution >= 0.6 is 11.8 Å². The van der Waals surface area contributed by atoms with Crippen LogP contribution in [0.4, 0.5) is 5.82 Å². The zero-order chi connectivity index (χ0) is 10.4. The molecule has 0 aliphatic heterocycles. The molecule has 0 saturated carbocycles. The maximum atomic E-state index is 8.83. The Hall–Kier alpha value is -0.740. The summed E-state index contributed by atoms with van der Waals surface area (Å²) in [5, 5.41) is 8.83. The highest BCUT2D eigenvalue weighted by Gasteiger charge is 2.00. The van der Waals surface area contributed by atoms with Crippen LogP contribution in [0.5, 0.6) is 0 Å². The smallest absolute Gasteiger partial charge is 0.123 e. The molecule has 3 N–H and O–H groups in total. The Kier molecular flexibility index (Phi) is 4.76. The van der Waals surface area contributed by atoms with Crippen LogP contribution in [0.25, 0.3) is 0 Å². The van der Waals surface area contributed by atoms with Crippen molar-refractivity contribution in [3.8, 4) is 0 Å². The van der Waals surface area contributed by atoms with Gasteiger partial charge in [-0.25, -0.2) is 4.98 Å². The van der Waals surface area contributed by atoms with E-state index in [0.29, 0.717) is 11.7 Å². The molecular formula is C10H16N2OS. The van der Waals surface area contributed by atoms with Gasteiger partial charge in [0.25, 0.3) is 0 Å². The van der Waals surface area contributed by atoms with Gasteiger partial charge in [0, 0.05) is 18.6 Å². The minimum atomic E-state index is 0.257. The van der Waals surface area contributed by atoms with E-state index in [0.717, 1.165) is 11.5 Å². The van der Waals surface area contributed by atoms with Crippen molar-refractivity contribution in [1.29, 1.82) is 0 Å². The minimum absolute atomic E-state index is 0.257. The van der Waals surface area contributed by atoms with E-state index < -0.39 is 0 Å². The maximum Gasteiger partial charge on any atom is 0.123 e. The van der Waals surface area contributed by atoms with Crippen LogP contribution in [0.1, 0.15) is 12.5 Å². The van der Waals surface area contributed by atoms with E-state index in [4.69, 9.17) is 10.8 Å². The number of rotatable bonds is 5. The first kappa shape index (κ1) is 11.3. The van der Waals surface area contributed by atoms with Crippen LogP contribution in [0.2, 0.25) is 0 Å². The summed E-state index contributed by atoms with van der Waals surface area (Å²) in [6.07, 6.45) is 1.80. The number of nitrogen functional groups attached to an aromatic ring is 1. The predicted molar refractivity (Wildman–Crippen MR) is 61.1 cm³/mol.